The molecule has 1 aliphatic rings. The van der Waals surface area contributed by atoms with Crippen LogP contribution in [-0.2, 0) is 0 Å². The Bertz CT molecular complexity index is 116. The second kappa shape index (κ2) is 4.86. The van der Waals surface area contributed by atoms with Gasteiger partial charge >= 0.3 is 0 Å². The van der Waals surface area contributed by atoms with E-state index in [1.807, 2.05) is 0 Å². The molecule has 1 saturated carbocycles. The van der Waals surface area contributed by atoms with E-state index < -0.39 is 0 Å². The first-order valence-corrected chi connectivity index (χ1v) is 5.46. The standard InChI is InChI=1S/C11H23N/c1-4-12(3)10(2)11-8-6-5-7-9-11/h10-11H,4-9H2,1-3H3. The van der Waals surface area contributed by atoms with Crippen LogP contribution >= 0.6 is 0 Å². The molecule has 0 heterocycles. The highest BCUT2D eigenvalue weighted by Crippen LogP contribution is 2.28. The van der Waals surface area contributed by atoms with Crippen LogP contribution in [-0.4, -0.2) is 24.5 Å². The molecule has 1 fully saturated rings. The topological polar surface area (TPSA) is 3.24 Å². The van der Waals surface area contributed by atoms with Crippen LogP contribution in [0.4, 0.5) is 0 Å². The molecule has 72 valence electrons. The van der Waals surface area contributed by atoms with Crippen LogP contribution in [0, 0.1) is 5.92 Å². The zero-order valence-electron chi connectivity index (χ0n) is 8.84. The van der Waals surface area contributed by atoms with Crippen molar-refractivity contribution in [3.05, 3.63) is 0 Å². The lowest BCUT2D eigenvalue weighted by atomic mass is 9.84. The highest BCUT2D eigenvalue weighted by molar-refractivity contribution is 4.76. The third-order valence-electron chi connectivity index (χ3n) is 3.53. The van der Waals surface area contributed by atoms with Gasteiger partial charge in [-0.05, 0) is 39.3 Å². The Kier molecular flexibility index (Phi) is 4.07. The fourth-order valence-electron chi connectivity index (χ4n) is 2.26. The van der Waals surface area contributed by atoms with Gasteiger partial charge in [-0.3, -0.25) is 0 Å². The Morgan fingerprint density at radius 2 is 1.83 bits per heavy atom. The third-order valence-corrected chi connectivity index (χ3v) is 3.53. The van der Waals surface area contributed by atoms with E-state index >= 15 is 0 Å². The predicted octanol–water partition coefficient (Wildman–Crippen LogP) is 2.91. The maximum Gasteiger partial charge on any atom is 0.00920 e. The van der Waals surface area contributed by atoms with Gasteiger partial charge in [0.25, 0.3) is 0 Å². The molecule has 1 atom stereocenters. The first-order valence-electron chi connectivity index (χ1n) is 5.46. The molecular formula is C11H23N. The van der Waals surface area contributed by atoms with Gasteiger partial charge in [0.15, 0.2) is 0 Å². The van der Waals surface area contributed by atoms with Gasteiger partial charge in [-0.1, -0.05) is 26.2 Å². The minimum Gasteiger partial charge on any atom is -0.304 e. The molecule has 0 radical (unpaired) electrons. The molecule has 0 amide bonds. The molecule has 0 spiro atoms. The maximum atomic E-state index is 2.48. The molecule has 1 nitrogen and oxygen atoms in total. The third kappa shape index (κ3) is 2.48. The summed E-state index contributed by atoms with van der Waals surface area (Å²) in [5.41, 5.74) is 0. The van der Waals surface area contributed by atoms with E-state index in [1.165, 1.54) is 38.6 Å². The van der Waals surface area contributed by atoms with E-state index in [1.54, 1.807) is 0 Å². The highest BCUT2D eigenvalue weighted by Gasteiger charge is 2.21. The van der Waals surface area contributed by atoms with Crippen molar-refractivity contribution in [1.29, 1.82) is 0 Å². The van der Waals surface area contributed by atoms with E-state index in [9.17, 15) is 0 Å². The number of rotatable bonds is 3. The SMILES string of the molecule is CCN(C)C(C)C1CCCCC1. The molecule has 0 aromatic carbocycles. The van der Waals surface area contributed by atoms with Crippen molar-refractivity contribution in [2.24, 2.45) is 5.92 Å². The molecule has 0 aliphatic heterocycles. The zero-order chi connectivity index (χ0) is 8.97. The first-order chi connectivity index (χ1) is 5.75. The van der Waals surface area contributed by atoms with Crippen molar-refractivity contribution in [1.82, 2.24) is 4.90 Å². The highest BCUT2D eigenvalue weighted by atomic mass is 15.1. The zero-order valence-corrected chi connectivity index (χ0v) is 8.84. The van der Waals surface area contributed by atoms with Crippen LogP contribution in [0.2, 0.25) is 0 Å². The van der Waals surface area contributed by atoms with Crippen LogP contribution in [0.25, 0.3) is 0 Å². The summed E-state index contributed by atoms with van der Waals surface area (Å²) >= 11 is 0. The van der Waals surface area contributed by atoms with Crippen molar-refractivity contribution in [2.45, 2.75) is 52.0 Å². The molecule has 1 rings (SSSR count). The van der Waals surface area contributed by atoms with E-state index in [0.29, 0.717) is 0 Å². The molecule has 12 heavy (non-hydrogen) atoms. The van der Waals surface area contributed by atoms with E-state index in [2.05, 4.69) is 25.8 Å². The summed E-state index contributed by atoms with van der Waals surface area (Å²) in [6.45, 7) is 5.83. The predicted molar refractivity (Wildman–Crippen MR) is 54.3 cm³/mol. The summed E-state index contributed by atoms with van der Waals surface area (Å²) in [6.07, 6.45) is 7.33. The van der Waals surface area contributed by atoms with Gasteiger partial charge < -0.3 is 4.90 Å². The fraction of sp³-hybridized carbons (Fsp3) is 1.00. The fourth-order valence-corrected chi connectivity index (χ4v) is 2.26. The van der Waals surface area contributed by atoms with Crippen molar-refractivity contribution >= 4 is 0 Å². The maximum absolute atomic E-state index is 2.48. The lowest BCUT2D eigenvalue weighted by Crippen LogP contribution is -2.36. The lowest BCUT2D eigenvalue weighted by molar-refractivity contribution is 0.164. The smallest absolute Gasteiger partial charge is 0.00920 e. The van der Waals surface area contributed by atoms with Crippen molar-refractivity contribution in [3.63, 3.8) is 0 Å². The Balaban J connectivity index is 2.33. The molecule has 0 N–H and O–H groups in total. The van der Waals surface area contributed by atoms with Crippen LogP contribution < -0.4 is 0 Å². The van der Waals surface area contributed by atoms with Crippen molar-refractivity contribution in [3.8, 4) is 0 Å². The van der Waals surface area contributed by atoms with Crippen LogP contribution in [0.5, 0.6) is 0 Å². The Morgan fingerprint density at radius 3 is 2.33 bits per heavy atom. The first kappa shape index (κ1) is 10.0. The molecule has 0 bridgehead atoms. The monoisotopic (exact) mass is 169 g/mol. The van der Waals surface area contributed by atoms with Crippen LogP contribution in [0.1, 0.15) is 46.0 Å². The largest absolute Gasteiger partial charge is 0.304 e. The van der Waals surface area contributed by atoms with Crippen molar-refractivity contribution in [2.75, 3.05) is 13.6 Å². The van der Waals surface area contributed by atoms with Gasteiger partial charge in [0.1, 0.15) is 0 Å². The molecule has 1 heteroatoms. The van der Waals surface area contributed by atoms with Crippen molar-refractivity contribution < 1.29 is 0 Å². The summed E-state index contributed by atoms with van der Waals surface area (Å²) in [7, 11) is 2.25. The van der Waals surface area contributed by atoms with E-state index in [0.717, 1.165) is 12.0 Å². The van der Waals surface area contributed by atoms with E-state index in [4.69, 9.17) is 0 Å². The molecular weight excluding hydrogens is 146 g/mol. The number of hydrogen-bond acceptors (Lipinski definition) is 1. The van der Waals surface area contributed by atoms with Gasteiger partial charge in [0.05, 0.1) is 0 Å². The number of hydrogen-bond donors (Lipinski definition) is 0. The number of nitrogens with zero attached hydrogens (tertiary/aromatic N) is 1. The lowest BCUT2D eigenvalue weighted by Gasteiger charge is -2.33. The molecule has 0 aromatic rings. The van der Waals surface area contributed by atoms with Gasteiger partial charge in [-0.25, -0.2) is 0 Å². The second-order valence-corrected chi connectivity index (χ2v) is 4.21. The molecule has 1 aliphatic carbocycles. The van der Waals surface area contributed by atoms with Crippen LogP contribution in [0.15, 0.2) is 0 Å². The van der Waals surface area contributed by atoms with E-state index in [-0.39, 0.29) is 0 Å². The normalized spacial score (nSPS) is 23.0. The molecule has 0 aromatic heterocycles. The Morgan fingerprint density at radius 1 is 1.25 bits per heavy atom. The van der Waals surface area contributed by atoms with Crippen LogP contribution in [0.3, 0.4) is 0 Å². The quantitative estimate of drug-likeness (QED) is 0.628. The summed E-state index contributed by atoms with van der Waals surface area (Å²) in [5.74, 6) is 0.976. The van der Waals surface area contributed by atoms with Gasteiger partial charge in [-0.2, -0.15) is 0 Å². The van der Waals surface area contributed by atoms with Gasteiger partial charge in [0, 0.05) is 6.04 Å². The van der Waals surface area contributed by atoms with Gasteiger partial charge in [0.2, 0.25) is 0 Å². The average molecular weight is 169 g/mol. The average Bonchev–Trinajstić information content (AvgIpc) is 2.17. The summed E-state index contributed by atoms with van der Waals surface area (Å²) in [4.78, 5) is 2.48. The Labute approximate surface area is 77.1 Å². The summed E-state index contributed by atoms with van der Waals surface area (Å²) in [6, 6.07) is 0.801. The molecule has 0 saturated heterocycles. The minimum atomic E-state index is 0.801. The van der Waals surface area contributed by atoms with Gasteiger partial charge in [-0.15, -0.1) is 0 Å². The summed E-state index contributed by atoms with van der Waals surface area (Å²) < 4.78 is 0. The Hall–Kier alpha value is -0.0400. The summed E-state index contributed by atoms with van der Waals surface area (Å²) in [5, 5.41) is 0. The second-order valence-electron chi connectivity index (χ2n) is 4.21. The minimum absolute atomic E-state index is 0.801. The molecule has 1 unspecified atom stereocenters.